The highest BCUT2D eigenvalue weighted by Gasteiger charge is 2.75. The Morgan fingerprint density at radius 2 is 1.51 bits per heavy atom. The van der Waals surface area contributed by atoms with Crippen molar-refractivity contribution in [2.24, 2.45) is 28.6 Å². The van der Waals surface area contributed by atoms with E-state index in [-0.39, 0.29) is 31.7 Å². The molecule has 0 aliphatic heterocycles. The Bertz CT molecular complexity index is 1010. The van der Waals surface area contributed by atoms with Crippen molar-refractivity contribution in [2.75, 3.05) is 6.61 Å². The topological polar surface area (TPSA) is 154 Å². The number of hydrogen-bond donors (Lipinski definition) is 2. The molecule has 0 aromatic heterocycles. The summed E-state index contributed by atoms with van der Waals surface area (Å²) in [7, 11) is 0. The summed E-state index contributed by atoms with van der Waals surface area (Å²) < 4.78 is 16.3. The second-order valence-electron chi connectivity index (χ2n) is 11.8. The standard InChI is InChI=1S/C27H38O10/c1-15(28)35-14-22(31)21-8-12-27(34)20-7-10-25(37-17(3)30)13-18(36-16(2)29)5-11-26(25,23(32)33)19(20)6-9-24(21,27)4/h18-21,34H,5-14H2,1-4H3,(H,32,33). The summed E-state index contributed by atoms with van der Waals surface area (Å²) in [6.45, 7) is 5.34. The predicted octanol–water partition coefficient (Wildman–Crippen LogP) is 2.57. The maximum Gasteiger partial charge on any atom is 0.314 e. The SMILES string of the molecule is CC(=O)OCC(=O)C1CCC2(O)C3CCC4(OC(C)=O)CC(OC(C)=O)CCC4(C(=O)O)C3CCC12C. The van der Waals surface area contributed by atoms with Gasteiger partial charge in [-0.15, -0.1) is 0 Å². The van der Waals surface area contributed by atoms with Gasteiger partial charge in [-0.25, -0.2) is 0 Å². The first-order chi connectivity index (χ1) is 17.2. The van der Waals surface area contributed by atoms with Crippen LogP contribution in [0.2, 0.25) is 0 Å². The number of carbonyl (C=O) groups excluding carboxylic acids is 4. The van der Waals surface area contributed by atoms with Gasteiger partial charge in [-0.05, 0) is 63.2 Å². The highest BCUT2D eigenvalue weighted by Crippen LogP contribution is 2.70. The molecular weight excluding hydrogens is 484 g/mol. The van der Waals surface area contributed by atoms with Crippen LogP contribution in [-0.2, 0) is 38.2 Å². The smallest absolute Gasteiger partial charge is 0.314 e. The average molecular weight is 523 g/mol. The van der Waals surface area contributed by atoms with E-state index in [4.69, 9.17) is 14.2 Å². The molecule has 4 fully saturated rings. The molecule has 4 rings (SSSR count). The Hall–Kier alpha value is -2.49. The van der Waals surface area contributed by atoms with Crippen molar-refractivity contribution < 1.29 is 48.4 Å². The number of fused-ring (bicyclic) bond motifs is 5. The minimum Gasteiger partial charge on any atom is -0.481 e. The number of aliphatic carboxylic acids is 1. The van der Waals surface area contributed by atoms with Gasteiger partial charge in [-0.2, -0.15) is 0 Å². The molecule has 0 bridgehead atoms. The molecule has 4 aliphatic rings. The van der Waals surface area contributed by atoms with Crippen LogP contribution in [0.25, 0.3) is 0 Å². The Labute approximate surface area is 216 Å². The summed E-state index contributed by atoms with van der Waals surface area (Å²) in [4.78, 5) is 61.4. The lowest BCUT2D eigenvalue weighted by molar-refractivity contribution is -0.267. The summed E-state index contributed by atoms with van der Waals surface area (Å²) in [5.41, 5.74) is -4.89. The van der Waals surface area contributed by atoms with Gasteiger partial charge < -0.3 is 24.4 Å². The Morgan fingerprint density at radius 3 is 2.11 bits per heavy atom. The van der Waals surface area contributed by atoms with Crippen LogP contribution in [0, 0.1) is 28.6 Å². The highest BCUT2D eigenvalue weighted by atomic mass is 16.6. The van der Waals surface area contributed by atoms with Crippen LogP contribution in [-0.4, -0.2) is 63.8 Å². The molecule has 206 valence electrons. The molecular formula is C27H38O10. The van der Waals surface area contributed by atoms with Gasteiger partial charge >= 0.3 is 23.9 Å². The van der Waals surface area contributed by atoms with Gasteiger partial charge in [0.1, 0.15) is 23.7 Å². The second kappa shape index (κ2) is 9.36. The van der Waals surface area contributed by atoms with Gasteiger partial charge in [0.2, 0.25) is 0 Å². The van der Waals surface area contributed by atoms with Crippen LogP contribution in [0.3, 0.4) is 0 Å². The Balaban J connectivity index is 1.71. The molecule has 4 aliphatic carbocycles. The molecule has 2 N–H and O–H groups in total. The van der Waals surface area contributed by atoms with Crippen molar-refractivity contribution in [1.29, 1.82) is 0 Å². The van der Waals surface area contributed by atoms with Gasteiger partial charge in [0, 0.05) is 38.5 Å². The van der Waals surface area contributed by atoms with Crippen molar-refractivity contribution in [2.45, 2.75) is 103 Å². The van der Waals surface area contributed by atoms with Crippen molar-refractivity contribution in [3.63, 3.8) is 0 Å². The van der Waals surface area contributed by atoms with Crippen LogP contribution < -0.4 is 0 Å². The number of hydrogen-bond acceptors (Lipinski definition) is 9. The predicted molar refractivity (Wildman–Crippen MR) is 127 cm³/mol. The largest absolute Gasteiger partial charge is 0.481 e. The van der Waals surface area contributed by atoms with E-state index in [2.05, 4.69) is 0 Å². The molecule has 37 heavy (non-hydrogen) atoms. The van der Waals surface area contributed by atoms with E-state index in [9.17, 15) is 34.2 Å². The van der Waals surface area contributed by atoms with Crippen LogP contribution >= 0.6 is 0 Å². The first-order valence-corrected chi connectivity index (χ1v) is 13.2. The van der Waals surface area contributed by atoms with E-state index in [1.807, 2.05) is 6.92 Å². The summed E-state index contributed by atoms with van der Waals surface area (Å²) in [6, 6.07) is 0. The van der Waals surface area contributed by atoms with Gasteiger partial charge in [0.25, 0.3) is 0 Å². The maximum atomic E-state index is 13.2. The molecule has 0 aromatic rings. The van der Waals surface area contributed by atoms with Crippen molar-refractivity contribution in [3.8, 4) is 0 Å². The van der Waals surface area contributed by atoms with Crippen LogP contribution in [0.4, 0.5) is 0 Å². The van der Waals surface area contributed by atoms with Crippen LogP contribution in [0.1, 0.15) is 85.5 Å². The molecule has 8 unspecified atom stereocenters. The number of rotatable bonds is 6. The van der Waals surface area contributed by atoms with Gasteiger partial charge in [-0.3, -0.25) is 24.0 Å². The Kier molecular flexibility index (Phi) is 6.97. The van der Waals surface area contributed by atoms with Gasteiger partial charge in [0.15, 0.2) is 5.78 Å². The van der Waals surface area contributed by atoms with Crippen LogP contribution in [0.5, 0.6) is 0 Å². The number of carboxylic acid groups (broad SMARTS) is 1. The third kappa shape index (κ3) is 4.06. The maximum absolute atomic E-state index is 13.2. The summed E-state index contributed by atoms with van der Waals surface area (Å²) in [5, 5.41) is 23.0. The summed E-state index contributed by atoms with van der Waals surface area (Å²) >= 11 is 0. The number of carbonyl (C=O) groups is 5. The molecule has 0 spiro atoms. The number of Topliss-reactive ketones (excluding diaryl/α,β-unsaturated/α-hetero) is 1. The van der Waals surface area contributed by atoms with Gasteiger partial charge in [0.05, 0.1) is 5.60 Å². The fourth-order valence-electron chi connectivity index (χ4n) is 8.84. The molecule has 10 nitrogen and oxygen atoms in total. The average Bonchev–Trinajstić information content (AvgIpc) is 3.07. The quantitative estimate of drug-likeness (QED) is 0.393. The number of esters is 3. The summed E-state index contributed by atoms with van der Waals surface area (Å²) in [5.74, 6) is -4.32. The fourth-order valence-corrected chi connectivity index (χ4v) is 8.84. The van der Waals surface area contributed by atoms with E-state index in [1.165, 1.54) is 20.8 Å². The second-order valence-corrected chi connectivity index (χ2v) is 11.8. The highest BCUT2D eigenvalue weighted by molar-refractivity contribution is 5.85. The monoisotopic (exact) mass is 522 g/mol. The van der Waals surface area contributed by atoms with Crippen molar-refractivity contribution >= 4 is 29.7 Å². The zero-order chi connectivity index (χ0) is 27.4. The number of aliphatic hydroxyl groups is 1. The van der Waals surface area contributed by atoms with Crippen molar-refractivity contribution in [3.05, 3.63) is 0 Å². The van der Waals surface area contributed by atoms with E-state index in [0.717, 1.165) is 0 Å². The normalized spacial score (nSPS) is 42.4. The van der Waals surface area contributed by atoms with E-state index in [0.29, 0.717) is 38.5 Å². The zero-order valence-electron chi connectivity index (χ0n) is 22.0. The molecule has 0 saturated heterocycles. The van der Waals surface area contributed by atoms with E-state index < -0.39 is 69.8 Å². The van der Waals surface area contributed by atoms with Crippen LogP contribution in [0.15, 0.2) is 0 Å². The molecule has 0 heterocycles. The molecule has 0 radical (unpaired) electrons. The third-order valence-electron chi connectivity index (χ3n) is 10.2. The van der Waals surface area contributed by atoms with Crippen molar-refractivity contribution in [1.82, 2.24) is 0 Å². The third-order valence-corrected chi connectivity index (χ3v) is 10.2. The van der Waals surface area contributed by atoms with Gasteiger partial charge in [-0.1, -0.05) is 6.92 Å². The number of ketones is 1. The molecule has 0 aromatic carbocycles. The zero-order valence-corrected chi connectivity index (χ0v) is 22.0. The minimum atomic E-state index is -1.45. The number of carboxylic acids is 1. The molecule has 8 atom stereocenters. The molecule has 0 amide bonds. The summed E-state index contributed by atoms with van der Waals surface area (Å²) in [6.07, 6.45) is 2.25. The lowest BCUT2D eigenvalue weighted by Crippen LogP contribution is -2.71. The molecule has 4 saturated carbocycles. The number of ether oxygens (including phenoxy) is 3. The fraction of sp³-hybridized carbons (Fsp3) is 0.815. The lowest BCUT2D eigenvalue weighted by Gasteiger charge is -2.65. The Morgan fingerprint density at radius 1 is 0.838 bits per heavy atom. The minimum absolute atomic E-state index is 0.0981. The lowest BCUT2D eigenvalue weighted by atomic mass is 9.41. The first kappa shape index (κ1) is 27.5. The van der Waals surface area contributed by atoms with E-state index >= 15 is 0 Å². The van der Waals surface area contributed by atoms with E-state index in [1.54, 1.807) is 0 Å². The molecule has 10 heteroatoms. The first-order valence-electron chi connectivity index (χ1n) is 13.2.